The van der Waals surface area contributed by atoms with Crippen LogP contribution in [-0.2, 0) is 0 Å². The highest BCUT2D eigenvalue weighted by molar-refractivity contribution is 9.10. The van der Waals surface area contributed by atoms with Gasteiger partial charge in [-0.05, 0) is 28.3 Å². The molecule has 2 aliphatic heterocycles. The number of nitro benzene ring substituents is 1. The Hall–Kier alpha value is -2.07. The second-order valence-electron chi connectivity index (χ2n) is 6.90. The smallest absolute Gasteiger partial charge is 0.407 e. The van der Waals surface area contributed by atoms with Crippen molar-refractivity contribution in [3.8, 4) is 5.75 Å². The molecule has 0 unspecified atom stereocenters. The zero-order valence-electron chi connectivity index (χ0n) is 15.1. The third-order valence-corrected chi connectivity index (χ3v) is 5.87. The van der Waals surface area contributed by atoms with Crippen LogP contribution in [0.4, 0.5) is 16.2 Å². The predicted octanol–water partition coefficient (Wildman–Crippen LogP) is 2.49. The highest BCUT2D eigenvalue weighted by Crippen LogP contribution is 2.38. The number of likely N-dealkylation sites (tertiary alicyclic amines) is 1. The van der Waals surface area contributed by atoms with Gasteiger partial charge < -0.3 is 19.6 Å². The van der Waals surface area contributed by atoms with Crippen LogP contribution in [0.15, 0.2) is 16.6 Å². The number of ether oxygens (including phenoxy) is 1. The van der Waals surface area contributed by atoms with Crippen LogP contribution >= 0.6 is 15.9 Å². The van der Waals surface area contributed by atoms with E-state index in [1.165, 1.54) is 18.1 Å². The van der Waals surface area contributed by atoms with Crippen molar-refractivity contribution in [1.29, 1.82) is 0 Å². The van der Waals surface area contributed by atoms with E-state index in [1.54, 1.807) is 6.07 Å². The molecule has 0 saturated carbocycles. The Morgan fingerprint density at radius 1 is 1.33 bits per heavy atom. The van der Waals surface area contributed by atoms with Crippen LogP contribution in [0.25, 0.3) is 0 Å². The molecule has 2 heterocycles. The summed E-state index contributed by atoms with van der Waals surface area (Å²) >= 11 is 3.44. The van der Waals surface area contributed by atoms with Crippen molar-refractivity contribution in [2.24, 2.45) is 5.92 Å². The number of amides is 1. The van der Waals surface area contributed by atoms with Crippen molar-refractivity contribution in [3.63, 3.8) is 0 Å². The monoisotopic (exact) mass is 442 g/mol. The van der Waals surface area contributed by atoms with E-state index < -0.39 is 11.0 Å². The molecule has 148 valence electrons. The van der Waals surface area contributed by atoms with Gasteiger partial charge >= 0.3 is 11.8 Å². The summed E-state index contributed by atoms with van der Waals surface area (Å²) in [5.74, 6) is 0.638. The summed E-state index contributed by atoms with van der Waals surface area (Å²) in [7, 11) is 1.43. The second kappa shape index (κ2) is 8.30. The lowest BCUT2D eigenvalue weighted by Crippen LogP contribution is -2.48. The van der Waals surface area contributed by atoms with Crippen LogP contribution in [0.5, 0.6) is 5.75 Å². The SMILES string of the molecule is COc1cc(N2CCN(C[C@H]3CCN(C(=O)O)C3)CC2)c(Br)cc1[N+](=O)[O-]. The Morgan fingerprint density at radius 2 is 2.04 bits per heavy atom. The largest absolute Gasteiger partial charge is 0.490 e. The quantitative estimate of drug-likeness (QED) is 0.552. The minimum Gasteiger partial charge on any atom is -0.490 e. The summed E-state index contributed by atoms with van der Waals surface area (Å²) in [6, 6.07) is 3.19. The number of piperazine rings is 1. The van der Waals surface area contributed by atoms with E-state index in [0.717, 1.165) is 44.8 Å². The van der Waals surface area contributed by atoms with Gasteiger partial charge in [0.25, 0.3) is 0 Å². The first-order valence-corrected chi connectivity index (χ1v) is 9.65. The van der Waals surface area contributed by atoms with Crippen LogP contribution in [0.1, 0.15) is 6.42 Å². The third-order valence-electron chi connectivity index (χ3n) is 5.23. The number of halogens is 1. The fourth-order valence-electron chi connectivity index (χ4n) is 3.77. The predicted molar refractivity (Wildman–Crippen MR) is 104 cm³/mol. The van der Waals surface area contributed by atoms with E-state index >= 15 is 0 Å². The van der Waals surface area contributed by atoms with Gasteiger partial charge in [0, 0.05) is 62.4 Å². The molecular formula is C17H23BrN4O5. The highest BCUT2D eigenvalue weighted by atomic mass is 79.9. The summed E-state index contributed by atoms with van der Waals surface area (Å²) in [5, 5.41) is 20.2. The van der Waals surface area contributed by atoms with Crippen molar-refractivity contribution in [2.75, 3.05) is 57.8 Å². The van der Waals surface area contributed by atoms with E-state index in [2.05, 4.69) is 25.7 Å². The van der Waals surface area contributed by atoms with Gasteiger partial charge in [-0.3, -0.25) is 15.0 Å². The van der Waals surface area contributed by atoms with Gasteiger partial charge in [-0.25, -0.2) is 4.79 Å². The molecular weight excluding hydrogens is 420 g/mol. The van der Waals surface area contributed by atoms with Gasteiger partial charge in [-0.2, -0.15) is 0 Å². The van der Waals surface area contributed by atoms with Crippen LogP contribution in [0, 0.1) is 16.0 Å². The molecule has 27 heavy (non-hydrogen) atoms. The van der Waals surface area contributed by atoms with Crippen LogP contribution in [0.3, 0.4) is 0 Å². The molecule has 0 aliphatic carbocycles. The van der Waals surface area contributed by atoms with Crippen molar-refractivity contribution < 1.29 is 19.6 Å². The summed E-state index contributed by atoms with van der Waals surface area (Å²) in [6.07, 6.45) is 0.0803. The fourth-order valence-corrected chi connectivity index (χ4v) is 4.35. The lowest BCUT2D eigenvalue weighted by atomic mass is 10.1. The molecule has 2 fully saturated rings. The van der Waals surface area contributed by atoms with Crippen molar-refractivity contribution in [2.45, 2.75) is 6.42 Å². The molecule has 3 rings (SSSR count). The minimum atomic E-state index is -0.834. The molecule has 2 aliphatic rings. The van der Waals surface area contributed by atoms with Gasteiger partial charge in [0.05, 0.1) is 17.7 Å². The van der Waals surface area contributed by atoms with Crippen LogP contribution in [0.2, 0.25) is 0 Å². The summed E-state index contributed by atoms with van der Waals surface area (Å²) in [5.41, 5.74) is 0.825. The van der Waals surface area contributed by atoms with E-state index in [0.29, 0.717) is 23.5 Å². The second-order valence-corrected chi connectivity index (χ2v) is 7.76. The summed E-state index contributed by atoms with van der Waals surface area (Å²) in [4.78, 5) is 27.8. The molecule has 2 saturated heterocycles. The first kappa shape index (κ1) is 19.7. The van der Waals surface area contributed by atoms with Crippen LogP contribution < -0.4 is 9.64 Å². The number of anilines is 1. The standard InChI is InChI=1S/C17H23BrN4O5/c1-27-16-9-14(13(18)8-15(16)22(25)26)20-6-4-19(5-7-20)10-12-2-3-21(11-12)17(23)24/h8-9,12H,2-7,10-11H2,1H3,(H,23,24)/t12-/m1/s1. The molecule has 1 aromatic rings. The van der Waals surface area contributed by atoms with Crippen molar-refractivity contribution >= 4 is 33.4 Å². The maximum Gasteiger partial charge on any atom is 0.407 e. The average molecular weight is 443 g/mol. The molecule has 10 heteroatoms. The maximum absolute atomic E-state index is 11.1. The Kier molecular flexibility index (Phi) is 6.05. The molecule has 1 N–H and O–H groups in total. The molecule has 1 aromatic carbocycles. The number of methoxy groups -OCH3 is 1. The normalized spacial score (nSPS) is 20.7. The van der Waals surface area contributed by atoms with Gasteiger partial charge in [-0.15, -0.1) is 0 Å². The Bertz CT molecular complexity index is 724. The zero-order valence-corrected chi connectivity index (χ0v) is 16.7. The lowest BCUT2D eigenvalue weighted by molar-refractivity contribution is -0.385. The van der Waals surface area contributed by atoms with Crippen LogP contribution in [-0.4, -0.2) is 78.8 Å². The number of hydrogen-bond acceptors (Lipinski definition) is 6. The first-order chi connectivity index (χ1) is 12.9. The van der Waals surface area contributed by atoms with Crippen molar-refractivity contribution in [3.05, 3.63) is 26.7 Å². The van der Waals surface area contributed by atoms with E-state index in [4.69, 9.17) is 9.84 Å². The topological polar surface area (TPSA) is 99.4 Å². The lowest BCUT2D eigenvalue weighted by Gasteiger charge is -2.37. The van der Waals surface area contributed by atoms with E-state index in [-0.39, 0.29) is 11.4 Å². The molecule has 1 amide bonds. The maximum atomic E-state index is 11.1. The minimum absolute atomic E-state index is 0.0593. The van der Waals surface area contributed by atoms with Gasteiger partial charge in [-0.1, -0.05) is 0 Å². The molecule has 9 nitrogen and oxygen atoms in total. The fraction of sp³-hybridized carbons (Fsp3) is 0.588. The average Bonchev–Trinajstić information content (AvgIpc) is 3.11. The van der Waals surface area contributed by atoms with Gasteiger partial charge in [0.15, 0.2) is 5.75 Å². The molecule has 1 atom stereocenters. The van der Waals surface area contributed by atoms with E-state index in [9.17, 15) is 14.9 Å². The Labute approximate surface area is 165 Å². The number of rotatable bonds is 5. The molecule has 0 radical (unpaired) electrons. The number of carboxylic acid groups (broad SMARTS) is 1. The number of nitrogens with zero attached hydrogens (tertiary/aromatic N) is 4. The highest BCUT2D eigenvalue weighted by Gasteiger charge is 2.29. The summed E-state index contributed by atoms with van der Waals surface area (Å²) < 4.78 is 5.86. The Morgan fingerprint density at radius 3 is 2.59 bits per heavy atom. The van der Waals surface area contributed by atoms with Crippen molar-refractivity contribution in [1.82, 2.24) is 9.80 Å². The number of carbonyl (C=O) groups is 1. The molecule has 0 bridgehead atoms. The number of nitro groups is 1. The first-order valence-electron chi connectivity index (χ1n) is 8.86. The zero-order chi connectivity index (χ0) is 19.6. The molecule has 0 aromatic heterocycles. The summed E-state index contributed by atoms with van der Waals surface area (Å²) in [6.45, 7) is 5.48. The third kappa shape index (κ3) is 4.44. The number of benzene rings is 1. The van der Waals surface area contributed by atoms with Gasteiger partial charge in [0.1, 0.15) is 0 Å². The van der Waals surface area contributed by atoms with E-state index in [1.807, 2.05) is 0 Å². The Balaban J connectivity index is 1.59. The molecule has 0 spiro atoms. The van der Waals surface area contributed by atoms with Gasteiger partial charge in [0.2, 0.25) is 0 Å². The number of hydrogen-bond donors (Lipinski definition) is 1.